The summed E-state index contributed by atoms with van der Waals surface area (Å²) >= 11 is 0. The molecule has 0 radical (unpaired) electrons. The Balaban J connectivity index is 1.15. The van der Waals surface area contributed by atoms with Crippen molar-refractivity contribution in [2.45, 2.75) is 26.4 Å². The number of carbonyl (C=O) groups is 2. The summed E-state index contributed by atoms with van der Waals surface area (Å²) in [6.07, 6.45) is 7.03. The van der Waals surface area contributed by atoms with E-state index in [1.807, 2.05) is 6.07 Å². The minimum absolute atomic E-state index is 0.0130. The normalized spacial score (nSPS) is 16.3. The van der Waals surface area contributed by atoms with Crippen molar-refractivity contribution in [2.75, 3.05) is 26.3 Å². The first-order valence-corrected chi connectivity index (χ1v) is 13.3. The van der Waals surface area contributed by atoms with Gasteiger partial charge in [-0.05, 0) is 42.3 Å². The van der Waals surface area contributed by atoms with E-state index in [1.54, 1.807) is 29.2 Å². The maximum absolute atomic E-state index is 13.0. The number of Topliss-reactive ketones (excluding diaryl/α,β-unsaturated/α-hetero) is 1. The highest BCUT2D eigenvalue weighted by molar-refractivity contribution is 6.23. The van der Waals surface area contributed by atoms with E-state index in [0.29, 0.717) is 23.4 Å². The van der Waals surface area contributed by atoms with E-state index in [4.69, 9.17) is 4.74 Å². The Morgan fingerprint density at radius 3 is 2.67 bits per heavy atom. The molecule has 1 aliphatic heterocycles. The molecule has 2 aromatic heterocycles. The lowest BCUT2D eigenvalue weighted by molar-refractivity contribution is -0.113. The van der Waals surface area contributed by atoms with Crippen LogP contribution >= 0.6 is 0 Å². The summed E-state index contributed by atoms with van der Waals surface area (Å²) in [6, 6.07) is 16.6. The molecule has 3 heterocycles. The molecule has 2 N–H and O–H groups in total. The smallest absolute Gasteiger partial charge is 0.258 e. The van der Waals surface area contributed by atoms with Gasteiger partial charge in [0.05, 0.1) is 37.2 Å². The molecule has 1 amide bonds. The van der Waals surface area contributed by atoms with Gasteiger partial charge in [0.1, 0.15) is 0 Å². The molecule has 0 unspecified atom stereocenters. The van der Waals surface area contributed by atoms with E-state index in [9.17, 15) is 9.59 Å². The van der Waals surface area contributed by atoms with Gasteiger partial charge in [0.15, 0.2) is 5.78 Å². The van der Waals surface area contributed by atoms with Crippen molar-refractivity contribution in [1.82, 2.24) is 25.0 Å². The zero-order valence-corrected chi connectivity index (χ0v) is 21.9. The molecule has 6 rings (SSSR count). The molecule has 0 spiro atoms. The summed E-state index contributed by atoms with van der Waals surface area (Å²) in [7, 11) is 0. The lowest BCUT2D eigenvalue weighted by Gasteiger charge is -2.26. The molecule has 1 fully saturated rings. The third-order valence-electron chi connectivity index (χ3n) is 7.21. The maximum atomic E-state index is 13.0. The number of nitrogens with zero attached hydrogens (tertiary/aromatic N) is 3. The number of rotatable bonds is 7. The number of ether oxygens (including phenoxy) is 1. The summed E-state index contributed by atoms with van der Waals surface area (Å²) in [5.41, 5.74) is 6.91. The highest BCUT2D eigenvalue weighted by Gasteiger charge is 2.20. The average molecular weight is 522 g/mol. The van der Waals surface area contributed by atoms with Crippen LogP contribution in [0.2, 0.25) is 0 Å². The first-order valence-electron chi connectivity index (χ1n) is 13.3. The fourth-order valence-corrected chi connectivity index (χ4v) is 5.02. The zero-order valence-electron chi connectivity index (χ0n) is 21.9. The van der Waals surface area contributed by atoms with Crippen LogP contribution in [0.15, 0.2) is 78.8 Å². The summed E-state index contributed by atoms with van der Waals surface area (Å²) < 4.78 is 7.20. The number of nitrogens with one attached hydrogen (secondary N) is 2. The summed E-state index contributed by atoms with van der Waals surface area (Å²) in [4.78, 5) is 31.5. The van der Waals surface area contributed by atoms with Crippen molar-refractivity contribution in [2.24, 2.45) is 0 Å². The number of fused-ring (bicyclic) bond motifs is 1. The van der Waals surface area contributed by atoms with Crippen LogP contribution < -0.4 is 5.32 Å². The van der Waals surface area contributed by atoms with Crippen LogP contribution in [-0.4, -0.2) is 57.7 Å². The molecular formula is C31H31N5O3. The van der Waals surface area contributed by atoms with Crippen molar-refractivity contribution in [3.8, 4) is 0 Å². The lowest BCUT2D eigenvalue weighted by Crippen LogP contribution is -2.35. The van der Waals surface area contributed by atoms with Crippen LogP contribution in [0.25, 0.3) is 16.5 Å². The van der Waals surface area contributed by atoms with E-state index in [1.165, 1.54) is 11.1 Å². The van der Waals surface area contributed by atoms with Gasteiger partial charge in [-0.2, -0.15) is 5.10 Å². The Kier molecular flexibility index (Phi) is 6.96. The van der Waals surface area contributed by atoms with Gasteiger partial charge in [-0.3, -0.25) is 19.2 Å². The van der Waals surface area contributed by atoms with Gasteiger partial charge >= 0.3 is 0 Å². The largest absolute Gasteiger partial charge is 0.379 e. The number of benzene rings is 2. The van der Waals surface area contributed by atoms with Crippen LogP contribution in [0.4, 0.5) is 0 Å². The van der Waals surface area contributed by atoms with E-state index in [0.717, 1.165) is 55.0 Å². The minimum atomic E-state index is -0.259. The number of aryl methyl sites for hydroxylation is 1. The Hall–Kier alpha value is -4.27. The van der Waals surface area contributed by atoms with E-state index in [2.05, 4.69) is 69.7 Å². The second-order valence-electron chi connectivity index (χ2n) is 10.2. The predicted molar refractivity (Wildman–Crippen MR) is 150 cm³/mol. The number of allylic oxidation sites excluding steroid dienone is 3. The molecule has 1 saturated heterocycles. The number of morpholine rings is 1. The Bertz CT molecular complexity index is 1590. The Labute approximate surface area is 227 Å². The van der Waals surface area contributed by atoms with Gasteiger partial charge in [-0.15, -0.1) is 0 Å². The minimum Gasteiger partial charge on any atom is -0.379 e. The van der Waals surface area contributed by atoms with Crippen molar-refractivity contribution < 1.29 is 14.3 Å². The number of aromatic nitrogens is 3. The standard InChI is InChI=1S/C31H31N5O3/c1-21-2-4-22(5-3-21)19-36-20-25(17-32-36)31(38)33-26-7-9-30(37)27(16-26)29-15-24-14-23(6-8-28(24)34-29)18-35-10-12-39-13-11-35/h2-8,14-17,20,34H,9-13,18-19H2,1H3,(H,33,38). The third kappa shape index (κ3) is 5.77. The van der Waals surface area contributed by atoms with Crippen LogP contribution in [-0.2, 0) is 22.6 Å². The summed E-state index contributed by atoms with van der Waals surface area (Å²) in [5, 5.41) is 8.34. The van der Waals surface area contributed by atoms with E-state index in [-0.39, 0.29) is 18.1 Å². The molecule has 4 aromatic rings. The fourth-order valence-electron chi connectivity index (χ4n) is 5.02. The maximum Gasteiger partial charge on any atom is 0.258 e. The third-order valence-corrected chi connectivity index (χ3v) is 7.21. The van der Waals surface area contributed by atoms with Gasteiger partial charge in [-0.1, -0.05) is 42.0 Å². The van der Waals surface area contributed by atoms with Crippen LogP contribution in [0.5, 0.6) is 0 Å². The zero-order chi connectivity index (χ0) is 26.8. The fraction of sp³-hybridized carbons (Fsp3) is 0.258. The first kappa shape index (κ1) is 25.0. The second kappa shape index (κ2) is 10.8. The van der Waals surface area contributed by atoms with Gasteiger partial charge in [0.25, 0.3) is 5.91 Å². The SMILES string of the molecule is Cc1ccc(Cn2cc(C(=O)NC3=CCC(=O)C(c4cc5cc(CN6CCOCC6)ccc5[nH]4)=C3)cn2)cc1. The van der Waals surface area contributed by atoms with Gasteiger partial charge in [-0.25, -0.2) is 0 Å². The topological polar surface area (TPSA) is 92.3 Å². The van der Waals surface area contributed by atoms with Gasteiger partial charge in [0.2, 0.25) is 0 Å². The number of ketones is 1. The summed E-state index contributed by atoms with van der Waals surface area (Å²) in [6.45, 7) is 6.93. The molecule has 0 atom stereocenters. The first-order chi connectivity index (χ1) is 19.0. The van der Waals surface area contributed by atoms with Gasteiger partial charge < -0.3 is 15.0 Å². The predicted octanol–water partition coefficient (Wildman–Crippen LogP) is 4.22. The van der Waals surface area contributed by atoms with E-state index < -0.39 is 0 Å². The van der Waals surface area contributed by atoms with Gasteiger partial charge in [0, 0.05) is 54.4 Å². The van der Waals surface area contributed by atoms with Crippen molar-refractivity contribution in [3.63, 3.8) is 0 Å². The van der Waals surface area contributed by atoms with Crippen LogP contribution in [0.1, 0.15) is 39.2 Å². The molecule has 8 nitrogen and oxygen atoms in total. The Morgan fingerprint density at radius 1 is 1.05 bits per heavy atom. The monoisotopic (exact) mass is 521 g/mol. The molecule has 39 heavy (non-hydrogen) atoms. The molecule has 0 saturated carbocycles. The molecule has 2 aliphatic rings. The number of aromatic amines is 1. The number of hydrogen-bond donors (Lipinski definition) is 2. The summed E-state index contributed by atoms with van der Waals surface area (Å²) in [5.74, 6) is -0.246. The number of hydrogen-bond acceptors (Lipinski definition) is 5. The number of amides is 1. The number of carbonyl (C=O) groups excluding carboxylic acids is 2. The molecule has 2 aromatic carbocycles. The van der Waals surface area contributed by atoms with Crippen molar-refractivity contribution in [3.05, 3.63) is 107 Å². The van der Waals surface area contributed by atoms with E-state index >= 15 is 0 Å². The lowest BCUT2D eigenvalue weighted by atomic mass is 9.98. The quantitative estimate of drug-likeness (QED) is 0.380. The molecule has 8 heteroatoms. The second-order valence-corrected chi connectivity index (χ2v) is 10.2. The Morgan fingerprint density at radius 2 is 1.85 bits per heavy atom. The highest BCUT2D eigenvalue weighted by atomic mass is 16.5. The number of H-pyrrole nitrogens is 1. The van der Waals surface area contributed by atoms with Crippen molar-refractivity contribution >= 4 is 28.2 Å². The highest BCUT2D eigenvalue weighted by Crippen LogP contribution is 2.27. The molecule has 0 bridgehead atoms. The molecule has 198 valence electrons. The molecule has 1 aliphatic carbocycles. The van der Waals surface area contributed by atoms with Crippen LogP contribution in [0, 0.1) is 6.92 Å². The van der Waals surface area contributed by atoms with Crippen molar-refractivity contribution in [1.29, 1.82) is 0 Å². The molecular weight excluding hydrogens is 490 g/mol. The van der Waals surface area contributed by atoms with Crippen LogP contribution in [0.3, 0.4) is 0 Å². The average Bonchev–Trinajstić information content (AvgIpc) is 3.59.